The van der Waals surface area contributed by atoms with Crippen LogP contribution in [0.2, 0.25) is 0 Å². The zero-order chi connectivity index (χ0) is 21.9. The van der Waals surface area contributed by atoms with E-state index in [9.17, 15) is 9.59 Å². The third-order valence-corrected chi connectivity index (χ3v) is 5.79. The maximum atomic E-state index is 13.0. The molecule has 2 amide bonds. The van der Waals surface area contributed by atoms with Gasteiger partial charge >= 0.3 is 0 Å². The van der Waals surface area contributed by atoms with Gasteiger partial charge in [-0.05, 0) is 43.5 Å². The molecule has 6 heteroatoms. The van der Waals surface area contributed by atoms with Gasteiger partial charge in [0.05, 0.1) is 12.9 Å². The van der Waals surface area contributed by atoms with Crippen molar-refractivity contribution in [3.8, 4) is 5.75 Å². The molecule has 0 aliphatic heterocycles. The Hall–Kier alpha value is -2.47. The fourth-order valence-corrected chi connectivity index (χ4v) is 3.92. The molecule has 0 aliphatic carbocycles. The molecule has 5 nitrogen and oxygen atoms in total. The number of hydrogen-bond acceptors (Lipinski definition) is 4. The summed E-state index contributed by atoms with van der Waals surface area (Å²) in [7, 11) is 1.64. The predicted molar refractivity (Wildman–Crippen MR) is 124 cm³/mol. The molecular weight excluding hydrogens is 396 g/mol. The number of aryl methyl sites for hydroxylation is 1. The van der Waals surface area contributed by atoms with E-state index >= 15 is 0 Å². The van der Waals surface area contributed by atoms with E-state index in [1.165, 1.54) is 0 Å². The molecule has 2 rings (SSSR count). The summed E-state index contributed by atoms with van der Waals surface area (Å²) in [5.74, 6) is 1.72. The third-order valence-electron chi connectivity index (χ3n) is 4.81. The molecular formula is C24H32N2O3S. The number of nitrogens with one attached hydrogen (secondary N) is 1. The highest BCUT2D eigenvalue weighted by molar-refractivity contribution is 7.99. The van der Waals surface area contributed by atoms with Gasteiger partial charge in [-0.25, -0.2) is 0 Å². The molecule has 2 aromatic rings. The highest BCUT2D eigenvalue weighted by Gasteiger charge is 2.25. The van der Waals surface area contributed by atoms with Crippen molar-refractivity contribution in [2.24, 2.45) is 0 Å². The number of hydrogen-bond donors (Lipinski definition) is 1. The molecule has 30 heavy (non-hydrogen) atoms. The molecule has 0 fully saturated rings. The number of ether oxygens (including phenoxy) is 1. The summed E-state index contributed by atoms with van der Waals surface area (Å²) >= 11 is 1.55. The lowest BCUT2D eigenvalue weighted by molar-refractivity contribution is -0.138. The highest BCUT2D eigenvalue weighted by atomic mass is 32.2. The summed E-state index contributed by atoms with van der Waals surface area (Å²) in [6.45, 7) is 6.87. The molecule has 0 saturated carbocycles. The number of methoxy groups -OCH3 is 1. The zero-order valence-corrected chi connectivity index (χ0v) is 19.1. The van der Waals surface area contributed by atoms with Crippen LogP contribution in [0.1, 0.15) is 37.0 Å². The first-order chi connectivity index (χ1) is 14.4. The maximum absolute atomic E-state index is 13.0. The van der Waals surface area contributed by atoms with E-state index in [1.807, 2.05) is 56.3 Å². The molecule has 0 heterocycles. The van der Waals surface area contributed by atoms with E-state index in [4.69, 9.17) is 4.74 Å². The fourth-order valence-electron chi connectivity index (χ4n) is 3.05. The lowest BCUT2D eigenvalue weighted by Crippen LogP contribution is -2.48. The van der Waals surface area contributed by atoms with Gasteiger partial charge < -0.3 is 15.0 Å². The Kier molecular flexibility index (Phi) is 9.74. The topological polar surface area (TPSA) is 58.6 Å². The Balaban J connectivity index is 2.03. The van der Waals surface area contributed by atoms with Crippen LogP contribution in [-0.4, -0.2) is 42.2 Å². The van der Waals surface area contributed by atoms with Crippen LogP contribution >= 0.6 is 11.8 Å². The third kappa shape index (κ3) is 7.41. The average molecular weight is 429 g/mol. The molecule has 0 aromatic heterocycles. The quantitative estimate of drug-likeness (QED) is 0.583. The molecule has 0 aliphatic rings. The number of nitrogens with zero attached hydrogens (tertiary/aromatic N) is 1. The number of amides is 2. The summed E-state index contributed by atoms with van der Waals surface area (Å²) in [6.07, 6.45) is 0.863. The summed E-state index contributed by atoms with van der Waals surface area (Å²) in [5, 5.41) is 2.91. The van der Waals surface area contributed by atoms with Gasteiger partial charge in [-0.2, -0.15) is 0 Å². The Morgan fingerprint density at radius 1 is 1.13 bits per heavy atom. The molecule has 2 aromatic carbocycles. The number of benzene rings is 2. The van der Waals surface area contributed by atoms with Gasteiger partial charge in [0, 0.05) is 18.8 Å². The number of carbonyl (C=O) groups is 2. The summed E-state index contributed by atoms with van der Waals surface area (Å²) in [5.41, 5.74) is 3.29. The van der Waals surface area contributed by atoms with Gasteiger partial charge in [-0.15, -0.1) is 11.8 Å². The van der Waals surface area contributed by atoms with Gasteiger partial charge in [-0.3, -0.25) is 9.59 Å². The minimum atomic E-state index is -0.522. The summed E-state index contributed by atoms with van der Waals surface area (Å²) in [4.78, 5) is 27.3. The molecule has 0 saturated heterocycles. The monoisotopic (exact) mass is 428 g/mol. The van der Waals surface area contributed by atoms with Crippen molar-refractivity contribution in [2.45, 2.75) is 45.5 Å². The van der Waals surface area contributed by atoms with Crippen LogP contribution in [-0.2, 0) is 21.9 Å². The van der Waals surface area contributed by atoms with E-state index in [0.29, 0.717) is 18.8 Å². The lowest BCUT2D eigenvalue weighted by atomic mass is 10.1. The fraction of sp³-hybridized carbons (Fsp3) is 0.417. The molecule has 162 valence electrons. The Labute approximate surface area is 184 Å². The van der Waals surface area contributed by atoms with Crippen LogP contribution in [0.15, 0.2) is 48.5 Å². The predicted octanol–water partition coefficient (Wildman–Crippen LogP) is 4.18. The van der Waals surface area contributed by atoms with E-state index in [-0.39, 0.29) is 11.8 Å². The second-order valence-electron chi connectivity index (χ2n) is 7.32. The molecule has 0 spiro atoms. The van der Waals surface area contributed by atoms with E-state index < -0.39 is 6.04 Å². The number of rotatable bonds is 11. The summed E-state index contributed by atoms with van der Waals surface area (Å²) < 4.78 is 5.18. The Bertz CT molecular complexity index is 823. The minimum absolute atomic E-state index is 0.0332. The SMILES string of the molecule is CCCNC(=O)C(C)N(Cc1cccc(C)c1)C(=O)CSCc1ccc(OC)cc1. The smallest absolute Gasteiger partial charge is 0.242 e. The van der Waals surface area contributed by atoms with Crippen molar-refractivity contribution in [3.05, 3.63) is 65.2 Å². The van der Waals surface area contributed by atoms with Crippen molar-refractivity contribution in [3.63, 3.8) is 0 Å². The zero-order valence-electron chi connectivity index (χ0n) is 18.3. The Morgan fingerprint density at radius 3 is 2.50 bits per heavy atom. The second kappa shape index (κ2) is 12.3. The average Bonchev–Trinajstić information content (AvgIpc) is 2.75. The van der Waals surface area contributed by atoms with Gasteiger partial charge in [-0.1, -0.05) is 48.9 Å². The second-order valence-corrected chi connectivity index (χ2v) is 8.30. The first-order valence-electron chi connectivity index (χ1n) is 10.3. The number of thioether (sulfide) groups is 1. The van der Waals surface area contributed by atoms with Crippen LogP contribution in [0.25, 0.3) is 0 Å². The number of carbonyl (C=O) groups excluding carboxylic acids is 2. The van der Waals surface area contributed by atoms with Crippen LogP contribution in [0.5, 0.6) is 5.75 Å². The minimum Gasteiger partial charge on any atom is -0.497 e. The maximum Gasteiger partial charge on any atom is 0.242 e. The van der Waals surface area contributed by atoms with Gasteiger partial charge in [0.2, 0.25) is 11.8 Å². The van der Waals surface area contributed by atoms with Crippen molar-refractivity contribution in [1.29, 1.82) is 0 Å². The lowest BCUT2D eigenvalue weighted by Gasteiger charge is -2.29. The summed E-state index contributed by atoms with van der Waals surface area (Å²) in [6, 6.07) is 15.4. The van der Waals surface area contributed by atoms with Gasteiger partial charge in [0.15, 0.2) is 0 Å². The van der Waals surface area contributed by atoms with Crippen molar-refractivity contribution >= 4 is 23.6 Å². The van der Waals surface area contributed by atoms with Crippen LogP contribution in [0.3, 0.4) is 0 Å². The van der Waals surface area contributed by atoms with E-state index in [2.05, 4.69) is 11.4 Å². The molecule has 1 atom stereocenters. The van der Waals surface area contributed by atoms with Gasteiger partial charge in [0.25, 0.3) is 0 Å². The molecule has 0 radical (unpaired) electrons. The first-order valence-corrected chi connectivity index (χ1v) is 11.4. The molecule has 1 N–H and O–H groups in total. The van der Waals surface area contributed by atoms with E-state index in [1.54, 1.807) is 30.7 Å². The van der Waals surface area contributed by atoms with Crippen molar-refractivity contribution in [1.82, 2.24) is 10.2 Å². The van der Waals surface area contributed by atoms with Crippen LogP contribution < -0.4 is 10.1 Å². The normalized spacial score (nSPS) is 11.6. The highest BCUT2D eigenvalue weighted by Crippen LogP contribution is 2.18. The van der Waals surface area contributed by atoms with E-state index in [0.717, 1.165) is 34.6 Å². The van der Waals surface area contributed by atoms with Crippen LogP contribution in [0.4, 0.5) is 0 Å². The van der Waals surface area contributed by atoms with Crippen molar-refractivity contribution in [2.75, 3.05) is 19.4 Å². The largest absolute Gasteiger partial charge is 0.497 e. The van der Waals surface area contributed by atoms with Crippen molar-refractivity contribution < 1.29 is 14.3 Å². The molecule has 1 unspecified atom stereocenters. The van der Waals surface area contributed by atoms with Gasteiger partial charge in [0.1, 0.15) is 11.8 Å². The standard InChI is InChI=1S/C24H32N2O3S/c1-5-13-25-24(28)19(3)26(15-21-8-6-7-18(2)14-21)23(27)17-30-16-20-9-11-22(29-4)12-10-20/h6-12,14,19H,5,13,15-17H2,1-4H3,(H,25,28). The first kappa shape index (κ1) is 23.8. The molecule has 0 bridgehead atoms. The van der Waals surface area contributed by atoms with Crippen LogP contribution in [0, 0.1) is 6.92 Å². The Morgan fingerprint density at radius 2 is 1.87 bits per heavy atom.